The number of halogens is 1. The van der Waals surface area contributed by atoms with Crippen LogP contribution >= 0.6 is 22.6 Å². The third-order valence-electron chi connectivity index (χ3n) is 5.75. The standard InChI is InChI=1S/C24H21IN4O2/c1-14-16(11-22(28-29-26)15(2)23(14)25)12-27-24(30)31-13-21-19-9-5-3-7-17(19)18-8-4-6-10-20(18)21/h3-11,21H,12-13H2,1-2H3,(H,27,30). The van der Waals surface area contributed by atoms with Crippen LogP contribution in [0.1, 0.15) is 33.7 Å². The van der Waals surface area contributed by atoms with E-state index in [1.54, 1.807) is 0 Å². The molecule has 156 valence electrons. The minimum absolute atomic E-state index is 0.0248. The molecule has 3 aromatic rings. The summed E-state index contributed by atoms with van der Waals surface area (Å²) < 4.78 is 6.62. The number of hydrogen-bond acceptors (Lipinski definition) is 3. The van der Waals surface area contributed by atoms with Crippen molar-refractivity contribution in [3.05, 3.63) is 96.4 Å². The first-order valence-electron chi connectivity index (χ1n) is 9.93. The van der Waals surface area contributed by atoms with Crippen LogP contribution in [0, 0.1) is 17.4 Å². The molecule has 0 saturated heterocycles. The maximum atomic E-state index is 12.5. The zero-order valence-corrected chi connectivity index (χ0v) is 19.4. The summed E-state index contributed by atoms with van der Waals surface area (Å²) in [6, 6.07) is 18.3. The van der Waals surface area contributed by atoms with Crippen LogP contribution in [-0.2, 0) is 11.3 Å². The first-order chi connectivity index (χ1) is 15.0. The monoisotopic (exact) mass is 524 g/mol. The van der Waals surface area contributed by atoms with Gasteiger partial charge in [-0.25, -0.2) is 4.79 Å². The van der Waals surface area contributed by atoms with E-state index in [2.05, 4.69) is 62.2 Å². The Bertz CT molecular complexity index is 1170. The summed E-state index contributed by atoms with van der Waals surface area (Å²) in [5.41, 5.74) is 17.0. The Kier molecular flexibility index (Phi) is 6.15. The van der Waals surface area contributed by atoms with Gasteiger partial charge in [-0.05, 0) is 87.0 Å². The van der Waals surface area contributed by atoms with E-state index >= 15 is 0 Å². The molecule has 31 heavy (non-hydrogen) atoms. The fourth-order valence-electron chi connectivity index (χ4n) is 4.07. The van der Waals surface area contributed by atoms with Gasteiger partial charge < -0.3 is 10.1 Å². The highest BCUT2D eigenvalue weighted by molar-refractivity contribution is 14.1. The van der Waals surface area contributed by atoms with Crippen molar-refractivity contribution in [2.75, 3.05) is 6.61 Å². The lowest BCUT2D eigenvalue weighted by atomic mass is 9.98. The molecule has 3 aromatic carbocycles. The van der Waals surface area contributed by atoms with E-state index in [9.17, 15) is 4.79 Å². The van der Waals surface area contributed by atoms with Crippen LogP contribution in [0.25, 0.3) is 21.6 Å². The number of alkyl carbamates (subject to hydrolysis) is 1. The third kappa shape index (κ3) is 4.11. The first-order valence-corrected chi connectivity index (χ1v) is 11.0. The SMILES string of the molecule is Cc1c(CNC(=O)OCC2c3ccccc3-c3ccccc32)cc(N=[N+]=[N-])c(C)c1I. The number of hydrogen-bond donors (Lipinski definition) is 1. The van der Waals surface area contributed by atoms with Gasteiger partial charge in [0.15, 0.2) is 0 Å². The molecule has 1 aliphatic carbocycles. The van der Waals surface area contributed by atoms with E-state index in [4.69, 9.17) is 10.3 Å². The van der Waals surface area contributed by atoms with Gasteiger partial charge in [-0.2, -0.15) is 0 Å². The molecule has 0 heterocycles. The van der Waals surface area contributed by atoms with E-state index in [-0.39, 0.29) is 12.5 Å². The molecule has 0 spiro atoms. The number of rotatable bonds is 5. The smallest absolute Gasteiger partial charge is 0.407 e. The molecule has 6 nitrogen and oxygen atoms in total. The second-order valence-corrected chi connectivity index (χ2v) is 8.57. The van der Waals surface area contributed by atoms with Gasteiger partial charge in [0, 0.05) is 26.6 Å². The van der Waals surface area contributed by atoms with Crippen LogP contribution in [0.4, 0.5) is 10.5 Å². The molecular formula is C24H21IN4O2. The summed E-state index contributed by atoms with van der Waals surface area (Å²) >= 11 is 2.23. The highest BCUT2D eigenvalue weighted by Gasteiger charge is 2.29. The quantitative estimate of drug-likeness (QED) is 0.171. The molecule has 0 aromatic heterocycles. The largest absolute Gasteiger partial charge is 0.449 e. The summed E-state index contributed by atoms with van der Waals surface area (Å²) in [7, 11) is 0. The molecule has 1 amide bonds. The lowest BCUT2D eigenvalue weighted by Crippen LogP contribution is -2.26. The van der Waals surface area contributed by atoms with Crippen LogP contribution in [0.15, 0.2) is 59.7 Å². The molecule has 0 unspecified atom stereocenters. The molecule has 0 aliphatic heterocycles. The Morgan fingerprint density at radius 1 is 1.10 bits per heavy atom. The number of fused-ring (bicyclic) bond motifs is 3. The van der Waals surface area contributed by atoms with Crippen molar-refractivity contribution in [1.29, 1.82) is 0 Å². The Hall–Kier alpha value is -3.03. The predicted molar refractivity (Wildman–Crippen MR) is 129 cm³/mol. The Balaban J connectivity index is 1.45. The van der Waals surface area contributed by atoms with Crippen molar-refractivity contribution in [3.8, 4) is 11.1 Å². The number of benzene rings is 3. The second kappa shape index (κ2) is 8.99. The number of ether oxygens (including phenoxy) is 1. The van der Waals surface area contributed by atoms with Gasteiger partial charge in [-0.3, -0.25) is 0 Å². The van der Waals surface area contributed by atoms with Crippen molar-refractivity contribution < 1.29 is 9.53 Å². The third-order valence-corrected chi connectivity index (χ3v) is 7.37. The minimum atomic E-state index is -0.470. The first kappa shape index (κ1) is 21.2. The highest BCUT2D eigenvalue weighted by atomic mass is 127. The fourth-order valence-corrected chi connectivity index (χ4v) is 4.69. The Morgan fingerprint density at radius 2 is 1.71 bits per heavy atom. The summed E-state index contributed by atoms with van der Waals surface area (Å²) in [6.07, 6.45) is -0.470. The van der Waals surface area contributed by atoms with Crippen LogP contribution in [0.5, 0.6) is 0 Å². The number of nitrogens with zero attached hydrogens (tertiary/aromatic N) is 3. The highest BCUT2D eigenvalue weighted by Crippen LogP contribution is 2.44. The molecule has 1 aliphatic rings. The topological polar surface area (TPSA) is 87.1 Å². The lowest BCUT2D eigenvalue weighted by molar-refractivity contribution is 0.142. The maximum absolute atomic E-state index is 12.5. The number of nitrogens with one attached hydrogen (secondary N) is 1. The van der Waals surface area contributed by atoms with E-state index in [0.29, 0.717) is 12.2 Å². The molecule has 0 bridgehead atoms. The van der Waals surface area contributed by atoms with Crippen molar-refractivity contribution in [1.82, 2.24) is 5.32 Å². The molecule has 1 N–H and O–H groups in total. The van der Waals surface area contributed by atoms with Crippen LogP contribution < -0.4 is 5.32 Å². The molecule has 0 fully saturated rings. The van der Waals surface area contributed by atoms with Crippen molar-refractivity contribution in [2.24, 2.45) is 5.11 Å². The van der Waals surface area contributed by atoms with Crippen molar-refractivity contribution >= 4 is 34.4 Å². The molecular weight excluding hydrogens is 503 g/mol. The number of amides is 1. The van der Waals surface area contributed by atoms with Gasteiger partial charge in [0.1, 0.15) is 6.61 Å². The van der Waals surface area contributed by atoms with Gasteiger partial charge in [0.25, 0.3) is 0 Å². The lowest BCUT2D eigenvalue weighted by Gasteiger charge is -2.16. The number of carbonyl (C=O) groups excluding carboxylic acids is 1. The van der Waals surface area contributed by atoms with E-state index < -0.39 is 6.09 Å². The molecule has 0 radical (unpaired) electrons. The van der Waals surface area contributed by atoms with E-state index in [1.807, 2.05) is 44.2 Å². The van der Waals surface area contributed by atoms with E-state index in [0.717, 1.165) is 20.3 Å². The zero-order valence-electron chi connectivity index (χ0n) is 17.2. The molecule has 4 rings (SSSR count). The maximum Gasteiger partial charge on any atom is 0.407 e. The summed E-state index contributed by atoms with van der Waals surface area (Å²) in [4.78, 5) is 15.3. The Labute approximate surface area is 194 Å². The average Bonchev–Trinajstić information content (AvgIpc) is 3.11. The molecule has 7 heteroatoms. The summed E-state index contributed by atoms with van der Waals surface area (Å²) in [5, 5.41) is 6.59. The predicted octanol–water partition coefficient (Wildman–Crippen LogP) is 6.89. The second-order valence-electron chi connectivity index (χ2n) is 7.49. The van der Waals surface area contributed by atoms with Crippen molar-refractivity contribution in [2.45, 2.75) is 26.3 Å². The average molecular weight is 524 g/mol. The van der Waals surface area contributed by atoms with Gasteiger partial charge >= 0.3 is 6.09 Å². The van der Waals surface area contributed by atoms with E-state index in [1.165, 1.54) is 22.3 Å². The van der Waals surface area contributed by atoms with Gasteiger partial charge in [-0.15, -0.1) is 0 Å². The molecule has 0 saturated carbocycles. The summed E-state index contributed by atoms with van der Waals surface area (Å²) in [6.45, 7) is 4.48. The van der Waals surface area contributed by atoms with Gasteiger partial charge in [-0.1, -0.05) is 53.6 Å². The summed E-state index contributed by atoms with van der Waals surface area (Å²) in [5.74, 6) is 0.0248. The van der Waals surface area contributed by atoms with Gasteiger partial charge in [0.05, 0.1) is 0 Å². The van der Waals surface area contributed by atoms with Crippen LogP contribution in [-0.4, -0.2) is 12.7 Å². The van der Waals surface area contributed by atoms with Gasteiger partial charge in [0.2, 0.25) is 0 Å². The number of azide groups is 1. The van der Waals surface area contributed by atoms with Crippen LogP contribution in [0.3, 0.4) is 0 Å². The van der Waals surface area contributed by atoms with Crippen LogP contribution in [0.2, 0.25) is 0 Å². The van der Waals surface area contributed by atoms with Crippen molar-refractivity contribution in [3.63, 3.8) is 0 Å². The number of carbonyl (C=O) groups is 1. The molecule has 0 atom stereocenters. The zero-order chi connectivity index (χ0) is 22.0. The Morgan fingerprint density at radius 3 is 2.32 bits per heavy atom. The minimum Gasteiger partial charge on any atom is -0.449 e. The fraction of sp³-hybridized carbons (Fsp3) is 0.208. The normalized spacial score (nSPS) is 12.0.